The summed E-state index contributed by atoms with van der Waals surface area (Å²) in [5.41, 5.74) is 2.74. The van der Waals surface area contributed by atoms with E-state index in [1.807, 2.05) is 0 Å². The lowest BCUT2D eigenvalue weighted by molar-refractivity contribution is 0.533. The van der Waals surface area contributed by atoms with Gasteiger partial charge in [0.25, 0.3) is 0 Å². The fraction of sp³-hybridized carbons (Fsp3) is 0.500. The van der Waals surface area contributed by atoms with Gasteiger partial charge in [0.15, 0.2) is 0 Å². The van der Waals surface area contributed by atoms with Crippen LogP contribution in [0.2, 0.25) is 0 Å². The lowest BCUT2D eigenvalue weighted by Gasteiger charge is -2.10. The highest BCUT2D eigenvalue weighted by atomic mass is 35.5. The smallest absolute Gasteiger partial charge is 0.0486 e. The van der Waals surface area contributed by atoms with Gasteiger partial charge in [-0.1, -0.05) is 25.1 Å². The van der Waals surface area contributed by atoms with Gasteiger partial charge >= 0.3 is 0 Å². The zero-order chi connectivity index (χ0) is 13.1. The molecule has 3 heteroatoms. The molecule has 1 heterocycles. The molecule has 2 rings (SSSR count). The molecule has 106 valence electrons. The van der Waals surface area contributed by atoms with E-state index in [1.165, 1.54) is 22.9 Å². The zero-order valence-corrected chi connectivity index (χ0v) is 13.1. The quantitative estimate of drug-likeness (QED) is 0.851. The number of halogens is 1. The van der Waals surface area contributed by atoms with E-state index in [1.54, 1.807) is 0 Å². The molecule has 19 heavy (non-hydrogen) atoms. The van der Waals surface area contributed by atoms with Gasteiger partial charge in [-0.25, -0.2) is 0 Å². The van der Waals surface area contributed by atoms with Crippen molar-refractivity contribution < 1.29 is 0 Å². The summed E-state index contributed by atoms with van der Waals surface area (Å²) in [6.45, 7) is 9.88. The number of nitrogens with one attached hydrogen (secondary N) is 1. The van der Waals surface area contributed by atoms with Crippen LogP contribution in [0.5, 0.6) is 0 Å². The lowest BCUT2D eigenvalue weighted by atomic mass is 10.1. The molecular weight excluding hydrogens is 256 g/mol. The summed E-state index contributed by atoms with van der Waals surface area (Å²) < 4.78 is 2.36. The summed E-state index contributed by atoms with van der Waals surface area (Å²) in [5, 5.41) is 4.96. The van der Waals surface area contributed by atoms with Crippen LogP contribution >= 0.6 is 12.4 Å². The number of fused-ring (bicyclic) bond motifs is 1. The first kappa shape index (κ1) is 16.1. The van der Waals surface area contributed by atoms with Gasteiger partial charge in [-0.3, -0.25) is 0 Å². The van der Waals surface area contributed by atoms with Crippen LogP contribution in [0.3, 0.4) is 0 Å². The van der Waals surface area contributed by atoms with Crippen molar-refractivity contribution in [3.8, 4) is 0 Å². The third-order valence-electron chi connectivity index (χ3n) is 3.63. The molecule has 1 aromatic carbocycles. The van der Waals surface area contributed by atoms with E-state index in [0.29, 0.717) is 12.1 Å². The highest BCUT2D eigenvalue weighted by Crippen LogP contribution is 2.24. The first-order valence-electron chi connectivity index (χ1n) is 6.95. The Hall–Kier alpha value is -0.990. The molecule has 2 aromatic rings. The topological polar surface area (TPSA) is 17.0 Å². The summed E-state index contributed by atoms with van der Waals surface area (Å²) in [5.74, 6) is 0. The number of benzene rings is 1. The Balaban J connectivity index is 0.00000180. The summed E-state index contributed by atoms with van der Waals surface area (Å²) >= 11 is 0. The fourth-order valence-electron chi connectivity index (χ4n) is 2.27. The van der Waals surface area contributed by atoms with Crippen molar-refractivity contribution in [2.24, 2.45) is 0 Å². The van der Waals surface area contributed by atoms with Crippen LogP contribution in [-0.2, 0) is 6.54 Å². The second kappa shape index (κ2) is 6.97. The van der Waals surface area contributed by atoms with Crippen LogP contribution in [0.1, 0.15) is 45.7 Å². The van der Waals surface area contributed by atoms with Gasteiger partial charge in [0, 0.05) is 35.7 Å². The molecule has 0 radical (unpaired) electrons. The molecule has 1 aromatic heterocycles. The van der Waals surface area contributed by atoms with E-state index in [4.69, 9.17) is 0 Å². The Kier molecular flexibility index (Phi) is 5.89. The van der Waals surface area contributed by atoms with E-state index >= 15 is 0 Å². The average Bonchev–Trinajstić information content (AvgIpc) is 2.75. The molecule has 0 bridgehead atoms. The van der Waals surface area contributed by atoms with Crippen LogP contribution in [0.4, 0.5) is 0 Å². The molecule has 1 unspecified atom stereocenters. The number of aromatic nitrogens is 1. The molecule has 0 aliphatic rings. The van der Waals surface area contributed by atoms with E-state index < -0.39 is 0 Å². The molecule has 1 atom stereocenters. The van der Waals surface area contributed by atoms with Gasteiger partial charge in [-0.05, 0) is 38.8 Å². The summed E-state index contributed by atoms with van der Waals surface area (Å²) in [4.78, 5) is 0. The minimum Gasteiger partial charge on any atom is -0.345 e. The van der Waals surface area contributed by atoms with Gasteiger partial charge < -0.3 is 9.88 Å². The second-order valence-corrected chi connectivity index (χ2v) is 5.36. The molecule has 0 saturated heterocycles. The Morgan fingerprint density at radius 3 is 2.47 bits per heavy atom. The predicted molar refractivity (Wildman–Crippen MR) is 86.2 cm³/mol. The summed E-state index contributed by atoms with van der Waals surface area (Å²) in [6, 6.07) is 9.76. The maximum absolute atomic E-state index is 3.58. The summed E-state index contributed by atoms with van der Waals surface area (Å²) in [7, 11) is 0. The number of rotatable bonds is 5. The van der Waals surface area contributed by atoms with E-state index in [0.717, 1.165) is 6.54 Å². The molecule has 0 aliphatic heterocycles. The van der Waals surface area contributed by atoms with Gasteiger partial charge in [-0.2, -0.15) is 0 Å². The van der Waals surface area contributed by atoms with Crippen molar-refractivity contribution in [3.63, 3.8) is 0 Å². The highest BCUT2D eigenvalue weighted by Gasteiger charge is 2.10. The van der Waals surface area contributed by atoms with Gasteiger partial charge in [-0.15, -0.1) is 12.4 Å². The first-order valence-corrected chi connectivity index (χ1v) is 6.95. The maximum atomic E-state index is 3.58. The van der Waals surface area contributed by atoms with Crippen LogP contribution in [0.25, 0.3) is 10.9 Å². The van der Waals surface area contributed by atoms with Crippen molar-refractivity contribution in [3.05, 3.63) is 36.0 Å². The minimum absolute atomic E-state index is 0. The minimum atomic E-state index is 0. The SMILES string of the molecule is CCC(C)NCc1cn(C(C)C)c2ccccc12.Cl. The maximum Gasteiger partial charge on any atom is 0.0486 e. The third kappa shape index (κ3) is 3.52. The normalized spacial score (nSPS) is 12.7. The molecular formula is C16H25ClN2. The lowest BCUT2D eigenvalue weighted by Crippen LogP contribution is -2.24. The van der Waals surface area contributed by atoms with Crippen LogP contribution in [0.15, 0.2) is 30.5 Å². The monoisotopic (exact) mass is 280 g/mol. The molecule has 0 aliphatic carbocycles. The molecule has 1 N–H and O–H groups in total. The standard InChI is InChI=1S/C16H24N2.ClH/c1-5-13(4)17-10-14-11-18(12(2)3)16-9-7-6-8-15(14)16;/h6-9,11-13,17H,5,10H2,1-4H3;1H. The van der Waals surface area contributed by atoms with Crippen molar-refractivity contribution in [1.29, 1.82) is 0 Å². The third-order valence-corrected chi connectivity index (χ3v) is 3.63. The number of nitrogens with zero attached hydrogens (tertiary/aromatic N) is 1. The van der Waals surface area contributed by atoms with Crippen LogP contribution in [-0.4, -0.2) is 10.6 Å². The van der Waals surface area contributed by atoms with Gasteiger partial charge in [0.2, 0.25) is 0 Å². The van der Waals surface area contributed by atoms with Crippen molar-refractivity contribution >= 4 is 23.3 Å². The van der Waals surface area contributed by atoms with Crippen LogP contribution in [0, 0.1) is 0 Å². The van der Waals surface area contributed by atoms with E-state index in [2.05, 4.69) is 68.0 Å². The molecule has 2 nitrogen and oxygen atoms in total. The van der Waals surface area contributed by atoms with E-state index in [-0.39, 0.29) is 12.4 Å². The zero-order valence-electron chi connectivity index (χ0n) is 12.3. The van der Waals surface area contributed by atoms with Crippen LogP contribution < -0.4 is 5.32 Å². The Morgan fingerprint density at radius 1 is 1.16 bits per heavy atom. The predicted octanol–water partition coefficient (Wildman–Crippen LogP) is 4.53. The fourth-order valence-corrected chi connectivity index (χ4v) is 2.27. The van der Waals surface area contributed by atoms with Crippen molar-refractivity contribution in [2.45, 2.75) is 52.7 Å². The Bertz CT molecular complexity index is 516. The van der Waals surface area contributed by atoms with Crippen molar-refractivity contribution in [1.82, 2.24) is 9.88 Å². The van der Waals surface area contributed by atoms with Crippen molar-refractivity contribution in [2.75, 3.05) is 0 Å². The Morgan fingerprint density at radius 2 is 1.84 bits per heavy atom. The molecule has 0 saturated carbocycles. The largest absolute Gasteiger partial charge is 0.345 e. The highest BCUT2D eigenvalue weighted by molar-refractivity contribution is 5.85. The first-order chi connectivity index (χ1) is 8.63. The number of hydrogen-bond donors (Lipinski definition) is 1. The molecule has 0 fully saturated rings. The Labute approximate surface area is 122 Å². The summed E-state index contributed by atoms with van der Waals surface area (Å²) in [6.07, 6.45) is 3.47. The molecule has 0 spiro atoms. The van der Waals surface area contributed by atoms with E-state index in [9.17, 15) is 0 Å². The van der Waals surface area contributed by atoms with Gasteiger partial charge in [0.1, 0.15) is 0 Å². The average molecular weight is 281 g/mol. The van der Waals surface area contributed by atoms with Gasteiger partial charge in [0.05, 0.1) is 0 Å². The molecule has 0 amide bonds. The number of para-hydroxylation sites is 1. The number of hydrogen-bond acceptors (Lipinski definition) is 1. The second-order valence-electron chi connectivity index (χ2n) is 5.36.